The Morgan fingerprint density at radius 1 is 1.22 bits per heavy atom. The second-order valence-corrected chi connectivity index (χ2v) is 7.67. The van der Waals surface area contributed by atoms with Crippen LogP contribution in [0.4, 0.5) is 14.5 Å². The Balaban J connectivity index is 1.44. The summed E-state index contributed by atoms with van der Waals surface area (Å²) in [5.41, 5.74) is 1.41. The molecule has 4 rings (SSSR count). The van der Waals surface area contributed by atoms with E-state index in [1.54, 1.807) is 34.1 Å². The van der Waals surface area contributed by atoms with E-state index >= 15 is 0 Å². The highest BCUT2D eigenvalue weighted by atomic mass is 19.3. The number of anilines is 1. The molecular formula is C23H24F2N2O5. The first-order chi connectivity index (χ1) is 15.5. The first kappa shape index (κ1) is 21.9. The van der Waals surface area contributed by atoms with E-state index in [2.05, 4.69) is 4.74 Å². The van der Waals surface area contributed by atoms with Crippen LogP contribution >= 0.6 is 0 Å². The molecule has 2 aromatic carbocycles. The van der Waals surface area contributed by atoms with Crippen molar-refractivity contribution in [2.45, 2.75) is 38.5 Å². The molecule has 0 bridgehead atoms. The monoisotopic (exact) mass is 446 g/mol. The Hall–Kier alpha value is -3.36. The summed E-state index contributed by atoms with van der Waals surface area (Å²) in [6.45, 7) is -2.43. The summed E-state index contributed by atoms with van der Waals surface area (Å²) in [5, 5.41) is 0. The van der Waals surface area contributed by atoms with Crippen LogP contribution < -0.4 is 19.1 Å². The molecule has 2 amide bonds. The Morgan fingerprint density at radius 3 is 2.72 bits per heavy atom. The standard InChI is InChI=1S/C23H24F2N2O5/c1-30-20-12-15(6-9-19(20)32-23(24)25)13-27(16-7-8-16)21(28)10-11-26-17-4-2-3-5-18(17)31-14-22(26)29/h2-6,9,12,16,23H,7-8,10-11,13-14H2,1H3. The van der Waals surface area contributed by atoms with Gasteiger partial charge in [-0.15, -0.1) is 0 Å². The minimum Gasteiger partial charge on any atom is -0.493 e. The number of para-hydroxylation sites is 2. The van der Waals surface area contributed by atoms with Gasteiger partial charge in [0.1, 0.15) is 5.75 Å². The molecule has 0 spiro atoms. The number of benzene rings is 2. The first-order valence-electron chi connectivity index (χ1n) is 10.4. The molecule has 1 saturated carbocycles. The Bertz CT molecular complexity index is 996. The largest absolute Gasteiger partial charge is 0.493 e. The summed E-state index contributed by atoms with van der Waals surface area (Å²) in [5.74, 6) is 0.489. The molecule has 1 aliphatic heterocycles. The number of amides is 2. The number of fused-ring (bicyclic) bond motifs is 1. The maximum atomic E-state index is 13.1. The number of halogens is 2. The molecular weight excluding hydrogens is 422 g/mol. The van der Waals surface area contributed by atoms with Crippen LogP contribution in [-0.2, 0) is 16.1 Å². The lowest BCUT2D eigenvalue weighted by Gasteiger charge is -2.30. The molecule has 170 valence electrons. The number of hydrogen-bond donors (Lipinski definition) is 0. The van der Waals surface area contributed by atoms with E-state index in [1.165, 1.54) is 13.2 Å². The second kappa shape index (κ2) is 9.42. The summed E-state index contributed by atoms with van der Waals surface area (Å²) in [4.78, 5) is 28.8. The van der Waals surface area contributed by atoms with Gasteiger partial charge in [0.2, 0.25) is 5.91 Å². The zero-order chi connectivity index (χ0) is 22.7. The molecule has 2 aliphatic rings. The molecule has 0 radical (unpaired) electrons. The fraction of sp³-hybridized carbons (Fsp3) is 0.391. The fourth-order valence-electron chi connectivity index (χ4n) is 3.76. The quantitative estimate of drug-likeness (QED) is 0.589. The molecule has 0 atom stereocenters. The van der Waals surface area contributed by atoms with Crippen molar-refractivity contribution in [3.05, 3.63) is 48.0 Å². The molecule has 0 saturated heterocycles. The molecule has 0 unspecified atom stereocenters. The third kappa shape index (κ3) is 4.92. The van der Waals surface area contributed by atoms with Crippen LogP contribution in [0.2, 0.25) is 0 Å². The van der Waals surface area contributed by atoms with Crippen molar-refractivity contribution in [2.24, 2.45) is 0 Å². The fourth-order valence-corrected chi connectivity index (χ4v) is 3.76. The smallest absolute Gasteiger partial charge is 0.387 e. The number of carbonyl (C=O) groups is 2. The third-order valence-corrected chi connectivity index (χ3v) is 5.46. The maximum Gasteiger partial charge on any atom is 0.387 e. The Labute approximate surface area is 184 Å². The van der Waals surface area contributed by atoms with E-state index in [1.807, 2.05) is 12.1 Å². The highest BCUT2D eigenvalue weighted by Crippen LogP contribution is 2.34. The number of carbonyl (C=O) groups excluding carboxylic acids is 2. The van der Waals surface area contributed by atoms with Gasteiger partial charge >= 0.3 is 6.61 Å². The van der Waals surface area contributed by atoms with Crippen LogP contribution in [0.15, 0.2) is 42.5 Å². The van der Waals surface area contributed by atoms with Gasteiger partial charge in [-0.2, -0.15) is 8.78 Å². The lowest BCUT2D eigenvalue weighted by molar-refractivity contribution is -0.132. The number of methoxy groups -OCH3 is 1. The summed E-state index contributed by atoms with van der Waals surface area (Å²) in [7, 11) is 1.37. The highest BCUT2D eigenvalue weighted by Gasteiger charge is 2.33. The van der Waals surface area contributed by atoms with Gasteiger partial charge in [-0.1, -0.05) is 18.2 Å². The Kier molecular flexibility index (Phi) is 6.43. The third-order valence-electron chi connectivity index (χ3n) is 5.46. The molecule has 1 aliphatic carbocycles. The minimum atomic E-state index is -2.95. The van der Waals surface area contributed by atoms with E-state index < -0.39 is 6.61 Å². The molecule has 7 nitrogen and oxygen atoms in total. The molecule has 2 aromatic rings. The van der Waals surface area contributed by atoms with Gasteiger partial charge in [0.15, 0.2) is 18.1 Å². The number of nitrogens with zero attached hydrogens (tertiary/aromatic N) is 2. The van der Waals surface area contributed by atoms with Gasteiger partial charge in [0.25, 0.3) is 5.91 Å². The van der Waals surface area contributed by atoms with Crippen molar-refractivity contribution in [1.29, 1.82) is 0 Å². The Morgan fingerprint density at radius 2 is 2.00 bits per heavy atom. The highest BCUT2D eigenvalue weighted by molar-refractivity contribution is 5.98. The van der Waals surface area contributed by atoms with Crippen LogP contribution in [-0.4, -0.2) is 49.6 Å². The second-order valence-electron chi connectivity index (χ2n) is 7.67. The first-order valence-corrected chi connectivity index (χ1v) is 10.4. The van der Waals surface area contributed by atoms with Gasteiger partial charge in [-0.3, -0.25) is 9.59 Å². The van der Waals surface area contributed by atoms with Gasteiger partial charge in [-0.05, 0) is 42.7 Å². The number of alkyl halides is 2. The maximum absolute atomic E-state index is 13.1. The summed E-state index contributed by atoms with van der Waals surface area (Å²) >= 11 is 0. The zero-order valence-corrected chi connectivity index (χ0v) is 17.6. The lowest BCUT2D eigenvalue weighted by Crippen LogP contribution is -2.42. The number of ether oxygens (including phenoxy) is 3. The van der Waals surface area contributed by atoms with Crippen molar-refractivity contribution in [1.82, 2.24) is 4.90 Å². The van der Waals surface area contributed by atoms with Gasteiger partial charge in [0, 0.05) is 25.6 Å². The van der Waals surface area contributed by atoms with E-state index in [4.69, 9.17) is 9.47 Å². The number of rotatable bonds is 9. The van der Waals surface area contributed by atoms with Crippen LogP contribution in [0.25, 0.3) is 0 Å². The van der Waals surface area contributed by atoms with Crippen LogP contribution in [0, 0.1) is 0 Å². The van der Waals surface area contributed by atoms with Crippen molar-refractivity contribution in [3.8, 4) is 17.2 Å². The van der Waals surface area contributed by atoms with Gasteiger partial charge < -0.3 is 24.0 Å². The predicted octanol–water partition coefficient (Wildman–Crippen LogP) is 3.60. The average molecular weight is 446 g/mol. The van der Waals surface area contributed by atoms with Gasteiger partial charge in [0.05, 0.1) is 12.8 Å². The van der Waals surface area contributed by atoms with Crippen molar-refractivity contribution in [2.75, 3.05) is 25.2 Å². The summed E-state index contributed by atoms with van der Waals surface area (Å²) < 4.78 is 40.2. The van der Waals surface area contributed by atoms with Crippen molar-refractivity contribution in [3.63, 3.8) is 0 Å². The zero-order valence-electron chi connectivity index (χ0n) is 17.6. The molecule has 1 heterocycles. The molecule has 1 fully saturated rings. The SMILES string of the molecule is COc1cc(CN(C(=O)CCN2C(=O)COc3ccccc32)C2CC2)ccc1OC(F)F. The van der Waals surface area contributed by atoms with Crippen LogP contribution in [0.3, 0.4) is 0 Å². The van der Waals surface area contributed by atoms with Crippen LogP contribution in [0.5, 0.6) is 17.2 Å². The number of hydrogen-bond acceptors (Lipinski definition) is 5. The normalized spacial score (nSPS) is 15.2. The van der Waals surface area contributed by atoms with Crippen molar-refractivity contribution >= 4 is 17.5 Å². The molecule has 32 heavy (non-hydrogen) atoms. The van der Waals surface area contributed by atoms with Crippen molar-refractivity contribution < 1.29 is 32.6 Å². The van der Waals surface area contributed by atoms with E-state index in [-0.39, 0.29) is 48.9 Å². The topological polar surface area (TPSA) is 68.3 Å². The minimum absolute atomic E-state index is 0.0512. The van der Waals surface area contributed by atoms with Gasteiger partial charge in [-0.25, -0.2) is 0 Å². The van der Waals surface area contributed by atoms with Crippen LogP contribution in [0.1, 0.15) is 24.8 Å². The molecule has 0 aromatic heterocycles. The molecule has 0 N–H and O–H groups in total. The summed E-state index contributed by atoms with van der Waals surface area (Å²) in [6, 6.07) is 12.0. The lowest BCUT2D eigenvalue weighted by atomic mass is 10.1. The average Bonchev–Trinajstić information content (AvgIpc) is 3.62. The van der Waals surface area contributed by atoms with E-state index in [0.29, 0.717) is 18.0 Å². The summed E-state index contributed by atoms with van der Waals surface area (Å²) in [6.07, 6.45) is 1.99. The van der Waals surface area contributed by atoms with E-state index in [0.717, 1.165) is 18.4 Å². The van der Waals surface area contributed by atoms with E-state index in [9.17, 15) is 18.4 Å². The molecule has 9 heteroatoms. The predicted molar refractivity (Wildman–Crippen MR) is 112 cm³/mol.